The summed E-state index contributed by atoms with van der Waals surface area (Å²) in [4.78, 5) is 12.7. The van der Waals surface area contributed by atoms with Gasteiger partial charge in [-0.25, -0.2) is 9.18 Å². The number of ether oxygens (including phenoxy) is 1. The number of carbonyl (C=O) groups is 1. The highest BCUT2D eigenvalue weighted by Gasteiger charge is 2.19. The van der Waals surface area contributed by atoms with E-state index >= 15 is 0 Å². The molecule has 0 radical (unpaired) electrons. The van der Waals surface area contributed by atoms with E-state index < -0.39 is 5.97 Å². The number of halogens is 1. The first kappa shape index (κ1) is 15.5. The highest BCUT2D eigenvalue weighted by molar-refractivity contribution is 7.10. The van der Waals surface area contributed by atoms with Crippen LogP contribution in [-0.2, 0) is 4.74 Å². The fraction of sp³-hybridized carbons (Fsp3) is 0.312. The topological polar surface area (TPSA) is 38.3 Å². The summed E-state index contributed by atoms with van der Waals surface area (Å²) in [7, 11) is 1.31. The third kappa shape index (κ3) is 3.61. The molecule has 1 N–H and O–H groups in total. The number of hydrogen-bond donors (Lipinski definition) is 1. The first-order valence-electron chi connectivity index (χ1n) is 6.70. The summed E-state index contributed by atoms with van der Waals surface area (Å²) in [6.45, 7) is 4.14. The summed E-state index contributed by atoms with van der Waals surface area (Å²) in [6.07, 6.45) is 0. The minimum absolute atomic E-state index is 0.00704. The fourth-order valence-corrected chi connectivity index (χ4v) is 3.03. The molecule has 1 aromatic heterocycles. The van der Waals surface area contributed by atoms with Crippen molar-refractivity contribution in [2.24, 2.45) is 5.92 Å². The molecule has 1 atom stereocenters. The van der Waals surface area contributed by atoms with Gasteiger partial charge in [0.05, 0.1) is 24.4 Å². The second-order valence-corrected chi connectivity index (χ2v) is 6.05. The lowest BCUT2D eigenvalue weighted by atomic mass is 10.0. The Balaban J connectivity index is 2.30. The van der Waals surface area contributed by atoms with Crippen LogP contribution < -0.4 is 5.32 Å². The Labute approximate surface area is 127 Å². The summed E-state index contributed by atoms with van der Waals surface area (Å²) in [5, 5.41) is 5.19. The molecule has 3 nitrogen and oxygen atoms in total. The summed E-state index contributed by atoms with van der Waals surface area (Å²) >= 11 is 1.62. The first-order chi connectivity index (χ1) is 10.0. The van der Waals surface area contributed by atoms with Crippen molar-refractivity contribution in [2.75, 3.05) is 12.4 Å². The molecular formula is C16H18FNO2S. The monoisotopic (exact) mass is 307 g/mol. The molecule has 21 heavy (non-hydrogen) atoms. The van der Waals surface area contributed by atoms with Gasteiger partial charge in [0.15, 0.2) is 0 Å². The number of carbonyl (C=O) groups excluding carboxylic acids is 1. The number of hydrogen-bond acceptors (Lipinski definition) is 4. The van der Waals surface area contributed by atoms with Gasteiger partial charge in [-0.1, -0.05) is 19.9 Å². The van der Waals surface area contributed by atoms with E-state index in [4.69, 9.17) is 0 Å². The molecule has 1 heterocycles. The summed E-state index contributed by atoms with van der Waals surface area (Å²) in [5.74, 6) is -0.579. The van der Waals surface area contributed by atoms with Crippen molar-refractivity contribution in [3.05, 3.63) is 52.0 Å². The minimum Gasteiger partial charge on any atom is -0.465 e. The maximum atomic E-state index is 14.0. The second-order valence-electron chi connectivity index (χ2n) is 5.07. The van der Waals surface area contributed by atoms with E-state index in [1.165, 1.54) is 25.3 Å². The molecule has 2 aromatic rings. The molecule has 0 aliphatic heterocycles. The SMILES string of the molecule is COC(=O)c1ccc(F)c(NC(c2cccs2)C(C)C)c1. The van der Waals surface area contributed by atoms with Crippen molar-refractivity contribution in [3.8, 4) is 0 Å². The fourth-order valence-electron chi connectivity index (χ4n) is 2.08. The van der Waals surface area contributed by atoms with E-state index in [1.807, 2.05) is 17.5 Å². The van der Waals surface area contributed by atoms with Gasteiger partial charge in [-0.15, -0.1) is 11.3 Å². The van der Waals surface area contributed by atoms with Gasteiger partial charge in [-0.05, 0) is 35.6 Å². The lowest BCUT2D eigenvalue weighted by Crippen LogP contribution is -2.17. The van der Waals surface area contributed by atoms with Crippen LogP contribution in [0.1, 0.15) is 35.1 Å². The molecule has 0 saturated carbocycles. The molecule has 1 unspecified atom stereocenters. The van der Waals surface area contributed by atoms with Gasteiger partial charge >= 0.3 is 5.97 Å². The molecule has 0 aliphatic rings. The van der Waals surface area contributed by atoms with Crippen molar-refractivity contribution in [1.29, 1.82) is 0 Å². The lowest BCUT2D eigenvalue weighted by molar-refractivity contribution is 0.0600. The zero-order chi connectivity index (χ0) is 15.4. The number of benzene rings is 1. The predicted octanol–water partition coefficient (Wildman–Crippen LogP) is 4.48. The van der Waals surface area contributed by atoms with Gasteiger partial charge in [0.25, 0.3) is 0 Å². The van der Waals surface area contributed by atoms with Crippen LogP contribution in [0.4, 0.5) is 10.1 Å². The van der Waals surface area contributed by atoms with Crippen LogP contribution in [-0.4, -0.2) is 13.1 Å². The number of methoxy groups -OCH3 is 1. The quantitative estimate of drug-likeness (QED) is 0.828. The van der Waals surface area contributed by atoms with Crippen LogP contribution in [0, 0.1) is 11.7 Å². The Bertz CT molecular complexity index is 611. The zero-order valence-electron chi connectivity index (χ0n) is 12.2. The van der Waals surface area contributed by atoms with E-state index in [-0.39, 0.29) is 17.8 Å². The van der Waals surface area contributed by atoms with Crippen LogP contribution >= 0.6 is 11.3 Å². The molecule has 0 amide bonds. The van der Waals surface area contributed by atoms with Crippen molar-refractivity contribution >= 4 is 23.0 Å². The Hall–Kier alpha value is -1.88. The molecule has 5 heteroatoms. The summed E-state index contributed by atoms with van der Waals surface area (Å²) in [5.41, 5.74) is 0.639. The minimum atomic E-state index is -0.477. The Kier molecular flexibility index (Phi) is 4.96. The van der Waals surface area contributed by atoms with E-state index in [1.54, 1.807) is 11.3 Å². The summed E-state index contributed by atoms with van der Waals surface area (Å²) in [6, 6.07) is 8.17. The molecule has 0 aliphatic carbocycles. The maximum absolute atomic E-state index is 14.0. The van der Waals surface area contributed by atoms with Gasteiger partial charge in [0, 0.05) is 4.88 Å². The molecule has 1 aromatic carbocycles. The Morgan fingerprint density at radius 1 is 1.33 bits per heavy atom. The molecular weight excluding hydrogens is 289 g/mol. The van der Waals surface area contributed by atoms with Crippen molar-refractivity contribution in [3.63, 3.8) is 0 Å². The normalized spacial score (nSPS) is 12.2. The number of thiophene rings is 1. The molecule has 0 spiro atoms. The highest BCUT2D eigenvalue weighted by Crippen LogP contribution is 2.31. The average molecular weight is 307 g/mol. The van der Waals surface area contributed by atoms with Crippen molar-refractivity contribution < 1.29 is 13.9 Å². The number of anilines is 1. The van der Waals surface area contributed by atoms with E-state index in [2.05, 4.69) is 23.9 Å². The molecule has 0 bridgehead atoms. The molecule has 112 valence electrons. The van der Waals surface area contributed by atoms with Crippen LogP contribution in [0.3, 0.4) is 0 Å². The van der Waals surface area contributed by atoms with E-state index in [0.29, 0.717) is 11.3 Å². The van der Waals surface area contributed by atoms with Crippen LogP contribution in [0.15, 0.2) is 35.7 Å². The Morgan fingerprint density at radius 2 is 2.10 bits per heavy atom. The van der Waals surface area contributed by atoms with Crippen LogP contribution in [0.2, 0.25) is 0 Å². The van der Waals surface area contributed by atoms with Gasteiger partial charge < -0.3 is 10.1 Å². The average Bonchev–Trinajstić information content (AvgIpc) is 2.99. The zero-order valence-corrected chi connectivity index (χ0v) is 13.0. The van der Waals surface area contributed by atoms with Crippen LogP contribution in [0.5, 0.6) is 0 Å². The Morgan fingerprint density at radius 3 is 2.67 bits per heavy atom. The van der Waals surface area contributed by atoms with Crippen LogP contribution in [0.25, 0.3) is 0 Å². The third-order valence-corrected chi connectivity index (χ3v) is 4.17. The second kappa shape index (κ2) is 6.72. The largest absolute Gasteiger partial charge is 0.465 e. The summed E-state index contributed by atoms with van der Waals surface area (Å²) < 4.78 is 18.7. The standard InChI is InChI=1S/C16H18FNO2S/c1-10(2)15(14-5-4-8-21-14)18-13-9-11(16(19)20-3)6-7-12(13)17/h4-10,15,18H,1-3H3. The van der Waals surface area contributed by atoms with Gasteiger partial charge in [-0.3, -0.25) is 0 Å². The molecule has 0 fully saturated rings. The van der Waals surface area contributed by atoms with Gasteiger partial charge in [0.2, 0.25) is 0 Å². The first-order valence-corrected chi connectivity index (χ1v) is 7.58. The number of esters is 1. The smallest absolute Gasteiger partial charge is 0.337 e. The lowest BCUT2D eigenvalue weighted by Gasteiger charge is -2.23. The van der Waals surface area contributed by atoms with E-state index in [9.17, 15) is 9.18 Å². The molecule has 2 rings (SSSR count). The number of nitrogens with one attached hydrogen (secondary N) is 1. The van der Waals surface area contributed by atoms with Gasteiger partial charge in [0.1, 0.15) is 5.82 Å². The number of rotatable bonds is 5. The molecule has 0 saturated heterocycles. The van der Waals surface area contributed by atoms with Crippen molar-refractivity contribution in [2.45, 2.75) is 19.9 Å². The van der Waals surface area contributed by atoms with Gasteiger partial charge in [-0.2, -0.15) is 0 Å². The predicted molar refractivity (Wildman–Crippen MR) is 83.3 cm³/mol. The van der Waals surface area contributed by atoms with Crippen molar-refractivity contribution in [1.82, 2.24) is 0 Å². The highest BCUT2D eigenvalue weighted by atomic mass is 32.1. The third-order valence-electron chi connectivity index (χ3n) is 3.21. The maximum Gasteiger partial charge on any atom is 0.337 e. The van der Waals surface area contributed by atoms with E-state index in [0.717, 1.165) is 4.88 Å².